The minimum Gasteiger partial charge on any atom is -0.493 e. The smallest absolute Gasteiger partial charge is 0.271 e. The summed E-state index contributed by atoms with van der Waals surface area (Å²) in [7, 11) is 1.51. The number of carbonyl (C=O) groups is 1. The topological polar surface area (TPSA) is 69.2 Å². The molecule has 0 heterocycles. The van der Waals surface area contributed by atoms with Gasteiger partial charge in [0.15, 0.2) is 11.5 Å². The number of rotatable bonds is 8. The highest BCUT2D eigenvalue weighted by atomic mass is 79.9. The Morgan fingerprint density at radius 3 is 2.71 bits per heavy atom. The van der Waals surface area contributed by atoms with Gasteiger partial charge in [0.2, 0.25) is 0 Å². The summed E-state index contributed by atoms with van der Waals surface area (Å²) in [5.74, 6) is 3.59. The third-order valence-corrected chi connectivity index (χ3v) is 4.48. The lowest BCUT2D eigenvalue weighted by molar-refractivity contribution is 0.0954. The number of methoxy groups -OCH3 is 1. The first-order valence-corrected chi connectivity index (χ1v) is 9.78. The van der Waals surface area contributed by atoms with Crippen molar-refractivity contribution in [2.24, 2.45) is 5.10 Å². The van der Waals surface area contributed by atoms with Crippen molar-refractivity contribution in [2.45, 2.75) is 6.92 Å². The molecule has 2 rings (SSSR count). The van der Waals surface area contributed by atoms with E-state index in [1.54, 1.807) is 24.3 Å². The van der Waals surface area contributed by atoms with Crippen molar-refractivity contribution in [2.75, 3.05) is 20.3 Å². The van der Waals surface area contributed by atoms with Crippen LogP contribution in [0.4, 0.5) is 0 Å². The highest BCUT2D eigenvalue weighted by Gasteiger charge is 2.12. The molecule has 28 heavy (non-hydrogen) atoms. The van der Waals surface area contributed by atoms with Gasteiger partial charge >= 0.3 is 0 Å². The molecule has 0 aliphatic carbocycles. The van der Waals surface area contributed by atoms with E-state index in [0.717, 1.165) is 4.47 Å². The van der Waals surface area contributed by atoms with E-state index in [0.29, 0.717) is 39.5 Å². The SMILES string of the molecule is C#CCOc1c(Br)cc(Br)cc1/C=N/NC(=O)c1ccc(OCC)c(OC)c1. The molecule has 0 aromatic heterocycles. The predicted octanol–water partition coefficient (Wildman–Crippen LogP) is 4.39. The van der Waals surface area contributed by atoms with Crippen molar-refractivity contribution >= 4 is 44.0 Å². The van der Waals surface area contributed by atoms with Crippen LogP contribution < -0.4 is 19.6 Å². The number of benzene rings is 2. The normalized spacial score (nSPS) is 10.4. The molecule has 0 atom stereocenters. The fourth-order valence-corrected chi connectivity index (χ4v) is 3.62. The van der Waals surface area contributed by atoms with E-state index in [4.69, 9.17) is 20.6 Å². The number of nitrogens with one attached hydrogen (secondary N) is 1. The molecule has 8 heteroatoms. The van der Waals surface area contributed by atoms with E-state index in [2.05, 4.69) is 48.3 Å². The van der Waals surface area contributed by atoms with Gasteiger partial charge in [0, 0.05) is 15.6 Å². The number of terminal acetylenes is 1. The maximum absolute atomic E-state index is 12.4. The van der Waals surface area contributed by atoms with Crippen molar-refractivity contribution < 1.29 is 19.0 Å². The Balaban J connectivity index is 2.17. The lowest BCUT2D eigenvalue weighted by Gasteiger charge is -2.11. The first kappa shape index (κ1) is 21.8. The Morgan fingerprint density at radius 2 is 2.04 bits per heavy atom. The van der Waals surface area contributed by atoms with Gasteiger partial charge in [-0.15, -0.1) is 6.42 Å². The van der Waals surface area contributed by atoms with E-state index in [-0.39, 0.29) is 6.61 Å². The van der Waals surface area contributed by atoms with Crippen molar-refractivity contribution in [3.63, 3.8) is 0 Å². The first-order valence-electron chi connectivity index (χ1n) is 8.19. The van der Waals surface area contributed by atoms with Gasteiger partial charge in [-0.25, -0.2) is 5.43 Å². The summed E-state index contributed by atoms with van der Waals surface area (Å²) >= 11 is 6.83. The molecule has 1 N–H and O–H groups in total. The zero-order valence-corrected chi connectivity index (χ0v) is 18.5. The van der Waals surface area contributed by atoms with Crippen LogP contribution in [0.1, 0.15) is 22.8 Å². The minimum absolute atomic E-state index is 0.111. The molecule has 0 radical (unpaired) electrons. The number of hydrogen-bond acceptors (Lipinski definition) is 5. The molecule has 2 aromatic rings. The molecule has 2 aromatic carbocycles. The van der Waals surface area contributed by atoms with Crippen LogP contribution in [0.2, 0.25) is 0 Å². The summed E-state index contributed by atoms with van der Waals surface area (Å²) in [4.78, 5) is 12.4. The third-order valence-electron chi connectivity index (χ3n) is 3.43. The van der Waals surface area contributed by atoms with Crippen LogP contribution in [0, 0.1) is 12.3 Å². The van der Waals surface area contributed by atoms with E-state index >= 15 is 0 Å². The molecule has 0 spiro atoms. The van der Waals surface area contributed by atoms with Gasteiger partial charge in [-0.1, -0.05) is 21.9 Å². The lowest BCUT2D eigenvalue weighted by atomic mass is 10.2. The number of hydrogen-bond donors (Lipinski definition) is 1. The van der Waals surface area contributed by atoms with Gasteiger partial charge in [-0.05, 0) is 53.2 Å². The standard InChI is InChI=1S/C20H18Br2N2O4/c1-4-8-28-19-14(9-15(21)11-16(19)22)12-23-24-20(25)13-6-7-17(27-5-2)18(10-13)26-3/h1,6-7,9-12H,5,8H2,2-3H3,(H,24,25)/b23-12+. The number of nitrogens with zero attached hydrogens (tertiary/aromatic N) is 1. The van der Waals surface area contributed by atoms with E-state index in [1.807, 2.05) is 13.0 Å². The monoisotopic (exact) mass is 508 g/mol. The largest absolute Gasteiger partial charge is 0.493 e. The fraction of sp³-hybridized carbons (Fsp3) is 0.200. The Hall–Kier alpha value is -2.50. The minimum atomic E-state index is -0.391. The highest BCUT2D eigenvalue weighted by Crippen LogP contribution is 2.32. The quantitative estimate of drug-likeness (QED) is 0.325. The van der Waals surface area contributed by atoms with Gasteiger partial charge in [0.05, 0.1) is 24.4 Å². The summed E-state index contributed by atoms with van der Waals surface area (Å²) in [5, 5.41) is 4.01. The van der Waals surface area contributed by atoms with E-state index in [9.17, 15) is 4.79 Å². The molecule has 146 valence electrons. The summed E-state index contributed by atoms with van der Waals surface area (Å²) in [6.45, 7) is 2.48. The van der Waals surface area contributed by atoms with Crippen LogP contribution in [-0.2, 0) is 0 Å². The van der Waals surface area contributed by atoms with E-state index < -0.39 is 5.91 Å². The van der Waals surface area contributed by atoms with Gasteiger partial charge in [-0.2, -0.15) is 5.10 Å². The number of ether oxygens (including phenoxy) is 3. The second-order valence-electron chi connectivity index (χ2n) is 5.30. The first-order chi connectivity index (χ1) is 13.5. The molecule has 0 unspecified atom stereocenters. The molecular weight excluding hydrogens is 492 g/mol. The zero-order chi connectivity index (χ0) is 20.5. The molecule has 0 aliphatic heterocycles. The van der Waals surface area contributed by atoms with Crippen molar-refractivity contribution in [1.29, 1.82) is 0 Å². The molecule has 0 saturated heterocycles. The van der Waals surface area contributed by atoms with Gasteiger partial charge in [0.1, 0.15) is 12.4 Å². The van der Waals surface area contributed by atoms with E-state index in [1.165, 1.54) is 13.3 Å². The van der Waals surface area contributed by atoms with Crippen molar-refractivity contribution in [1.82, 2.24) is 5.43 Å². The average Bonchev–Trinajstić information content (AvgIpc) is 2.67. The van der Waals surface area contributed by atoms with Crippen molar-refractivity contribution in [3.8, 4) is 29.6 Å². The van der Waals surface area contributed by atoms with Crippen LogP contribution in [0.3, 0.4) is 0 Å². The van der Waals surface area contributed by atoms with Crippen molar-refractivity contribution in [3.05, 3.63) is 50.4 Å². The summed E-state index contributed by atoms with van der Waals surface area (Å²) in [6.07, 6.45) is 6.73. The van der Waals surface area contributed by atoms with Gasteiger partial charge < -0.3 is 14.2 Å². The second-order valence-corrected chi connectivity index (χ2v) is 7.07. The molecule has 1 amide bonds. The average molecular weight is 510 g/mol. The Labute approximate surface area is 180 Å². The molecule has 0 aliphatic rings. The second kappa shape index (κ2) is 10.7. The molecular formula is C20H18Br2N2O4. The number of hydrazone groups is 1. The highest BCUT2D eigenvalue weighted by molar-refractivity contribution is 9.11. The maximum atomic E-state index is 12.4. The Kier molecular flexibility index (Phi) is 8.36. The molecule has 0 saturated carbocycles. The summed E-state index contributed by atoms with van der Waals surface area (Å²) < 4.78 is 17.8. The number of halogens is 2. The van der Waals surface area contributed by atoms with Gasteiger partial charge in [0.25, 0.3) is 5.91 Å². The molecule has 0 fully saturated rings. The predicted molar refractivity (Wildman–Crippen MR) is 115 cm³/mol. The van der Waals surface area contributed by atoms with Crippen LogP contribution in [-0.4, -0.2) is 32.4 Å². The summed E-state index contributed by atoms with van der Waals surface area (Å²) in [6, 6.07) is 8.53. The van der Waals surface area contributed by atoms with Crippen LogP contribution in [0.15, 0.2) is 44.4 Å². The summed E-state index contributed by atoms with van der Waals surface area (Å²) in [5.41, 5.74) is 3.51. The molecule has 6 nitrogen and oxygen atoms in total. The maximum Gasteiger partial charge on any atom is 0.271 e. The molecule has 0 bridgehead atoms. The Bertz CT molecular complexity index is 923. The van der Waals surface area contributed by atoms with Gasteiger partial charge in [-0.3, -0.25) is 4.79 Å². The van der Waals surface area contributed by atoms with Crippen LogP contribution >= 0.6 is 31.9 Å². The van der Waals surface area contributed by atoms with Crippen LogP contribution in [0.5, 0.6) is 17.2 Å². The lowest BCUT2D eigenvalue weighted by Crippen LogP contribution is -2.17. The number of amides is 1. The Morgan fingerprint density at radius 1 is 1.25 bits per heavy atom. The fourth-order valence-electron chi connectivity index (χ4n) is 2.25. The zero-order valence-electron chi connectivity index (χ0n) is 15.3. The third kappa shape index (κ3) is 5.75. The van der Waals surface area contributed by atoms with Crippen LogP contribution in [0.25, 0.3) is 0 Å². The number of carbonyl (C=O) groups excluding carboxylic acids is 1.